The summed E-state index contributed by atoms with van der Waals surface area (Å²) in [5, 5.41) is 0. The van der Waals surface area contributed by atoms with Gasteiger partial charge in [0.1, 0.15) is 0 Å². The molecule has 1 heteroatoms. The number of hydrogen-bond donors (Lipinski definition) is 0. The zero-order valence-electron chi connectivity index (χ0n) is 7.88. The monoisotopic (exact) mass is 153 g/mol. The lowest BCUT2D eigenvalue weighted by Gasteiger charge is -2.34. The molecule has 2 aliphatic rings. The minimum Gasteiger partial charge on any atom is -0.303 e. The van der Waals surface area contributed by atoms with E-state index >= 15 is 0 Å². The molecule has 0 spiro atoms. The number of piperidine rings is 1. The lowest BCUT2D eigenvalue weighted by Crippen LogP contribution is -2.40. The Labute approximate surface area is 69.8 Å². The second-order valence-electron chi connectivity index (χ2n) is 4.74. The van der Waals surface area contributed by atoms with Crippen molar-refractivity contribution in [3.63, 3.8) is 0 Å². The predicted molar refractivity (Wildman–Crippen MR) is 47.5 cm³/mol. The molecule has 2 fully saturated rings. The van der Waals surface area contributed by atoms with Gasteiger partial charge in [-0.25, -0.2) is 0 Å². The fourth-order valence-electron chi connectivity index (χ4n) is 2.60. The maximum atomic E-state index is 2.57. The molecule has 0 aromatic carbocycles. The van der Waals surface area contributed by atoms with Crippen LogP contribution in [0.3, 0.4) is 0 Å². The van der Waals surface area contributed by atoms with Gasteiger partial charge < -0.3 is 4.90 Å². The lowest BCUT2D eigenvalue weighted by molar-refractivity contribution is 0.137. The third-order valence-electron chi connectivity index (χ3n) is 3.47. The Morgan fingerprint density at radius 1 is 1.18 bits per heavy atom. The number of nitrogens with zero attached hydrogens (tertiary/aromatic N) is 1. The van der Waals surface area contributed by atoms with Crippen LogP contribution in [0.1, 0.15) is 26.7 Å². The Morgan fingerprint density at radius 3 is 2.55 bits per heavy atom. The molecule has 1 aliphatic carbocycles. The molecule has 0 radical (unpaired) electrons. The van der Waals surface area contributed by atoms with E-state index in [1.54, 1.807) is 0 Å². The van der Waals surface area contributed by atoms with Crippen LogP contribution in [-0.4, -0.2) is 24.5 Å². The summed E-state index contributed by atoms with van der Waals surface area (Å²) in [6, 6.07) is 0.874. The first-order chi connectivity index (χ1) is 5.18. The van der Waals surface area contributed by atoms with Gasteiger partial charge in [-0.2, -0.15) is 0 Å². The van der Waals surface area contributed by atoms with Gasteiger partial charge >= 0.3 is 0 Å². The molecule has 3 unspecified atom stereocenters. The van der Waals surface area contributed by atoms with E-state index in [4.69, 9.17) is 0 Å². The van der Waals surface area contributed by atoms with Gasteiger partial charge in [0, 0.05) is 12.6 Å². The molecule has 0 N–H and O–H groups in total. The normalized spacial score (nSPS) is 44.2. The van der Waals surface area contributed by atoms with Crippen molar-refractivity contribution in [1.82, 2.24) is 4.90 Å². The zero-order valence-corrected chi connectivity index (χ0v) is 7.88. The molecule has 1 saturated carbocycles. The molecule has 1 saturated heterocycles. The maximum absolute atomic E-state index is 2.57. The van der Waals surface area contributed by atoms with E-state index in [1.165, 1.54) is 19.4 Å². The molecule has 1 nitrogen and oxygen atoms in total. The van der Waals surface area contributed by atoms with Gasteiger partial charge in [-0.05, 0) is 37.6 Å². The third kappa shape index (κ3) is 1.31. The molecule has 0 aromatic heterocycles. The second kappa shape index (κ2) is 2.48. The minimum absolute atomic E-state index is 0.849. The minimum atomic E-state index is 0.849. The van der Waals surface area contributed by atoms with Crippen molar-refractivity contribution in [1.29, 1.82) is 0 Å². The van der Waals surface area contributed by atoms with E-state index < -0.39 is 0 Å². The quantitative estimate of drug-likeness (QED) is 0.557. The van der Waals surface area contributed by atoms with Crippen LogP contribution >= 0.6 is 0 Å². The number of hydrogen-bond acceptors (Lipinski definition) is 1. The van der Waals surface area contributed by atoms with Gasteiger partial charge in [-0.15, -0.1) is 0 Å². The summed E-state index contributed by atoms with van der Waals surface area (Å²) in [7, 11) is 2.29. The molecule has 0 aromatic rings. The van der Waals surface area contributed by atoms with Crippen LogP contribution in [0, 0.1) is 17.8 Å². The van der Waals surface area contributed by atoms with Gasteiger partial charge in [-0.1, -0.05) is 13.8 Å². The average Bonchev–Trinajstić information content (AvgIpc) is 2.63. The number of rotatable bonds is 1. The molecular formula is C10H19N. The Balaban J connectivity index is 1.97. The summed E-state index contributed by atoms with van der Waals surface area (Å²) in [5.41, 5.74) is 0. The van der Waals surface area contributed by atoms with E-state index in [-0.39, 0.29) is 0 Å². The molecule has 0 bridgehead atoms. The van der Waals surface area contributed by atoms with E-state index in [2.05, 4.69) is 25.8 Å². The van der Waals surface area contributed by atoms with Crippen LogP contribution < -0.4 is 0 Å². The van der Waals surface area contributed by atoms with Crippen LogP contribution in [0.25, 0.3) is 0 Å². The Hall–Kier alpha value is -0.0400. The fraction of sp³-hybridized carbons (Fsp3) is 1.00. The third-order valence-corrected chi connectivity index (χ3v) is 3.47. The first-order valence-corrected chi connectivity index (χ1v) is 4.88. The van der Waals surface area contributed by atoms with Crippen molar-refractivity contribution in [3.8, 4) is 0 Å². The lowest BCUT2D eigenvalue weighted by atomic mass is 9.93. The van der Waals surface area contributed by atoms with Gasteiger partial charge in [0.15, 0.2) is 0 Å². The van der Waals surface area contributed by atoms with Gasteiger partial charge in [0.2, 0.25) is 0 Å². The average molecular weight is 153 g/mol. The highest BCUT2D eigenvalue weighted by Gasteiger charge is 2.44. The first kappa shape index (κ1) is 7.60. The molecule has 11 heavy (non-hydrogen) atoms. The van der Waals surface area contributed by atoms with Crippen molar-refractivity contribution in [2.45, 2.75) is 32.7 Å². The fourth-order valence-corrected chi connectivity index (χ4v) is 2.60. The van der Waals surface area contributed by atoms with E-state index in [0.717, 1.165) is 23.8 Å². The van der Waals surface area contributed by atoms with Crippen molar-refractivity contribution in [2.75, 3.05) is 13.6 Å². The summed E-state index contributed by atoms with van der Waals surface area (Å²) in [4.78, 5) is 2.57. The van der Waals surface area contributed by atoms with Gasteiger partial charge in [0.25, 0.3) is 0 Å². The Morgan fingerprint density at radius 2 is 1.91 bits per heavy atom. The van der Waals surface area contributed by atoms with Crippen molar-refractivity contribution in [3.05, 3.63) is 0 Å². The van der Waals surface area contributed by atoms with Crippen molar-refractivity contribution >= 4 is 0 Å². The Kier molecular flexibility index (Phi) is 1.71. The summed E-state index contributed by atoms with van der Waals surface area (Å²) >= 11 is 0. The van der Waals surface area contributed by atoms with Crippen LogP contribution in [-0.2, 0) is 0 Å². The molecule has 1 aliphatic heterocycles. The number of fused-ring (bicyclic) bond motifs is 1. The molecular weight excluding hydrogens is 134 g/mol. The summed E-state index contributed by atoms with van der Waals surface area (Å²) in [6.07, 6.45) is 2.99. The molecule has 64 valence electrons. The first-order valence-electron chi connectivity index (χ1n) is 4.88. The van der Waals surface area contributed by atoms with Gasteiger partial charge in [-0.3, -0.25) is 0 Å². The van der Waals surface area contributed by atoms with E-state index in [0.29, 0.717) is 0 Å². The Bertz CT molecular complexity index is 153. The summed E-state index contributed by atoms with van der Waals surface area (Å²) in [5.74, 6) is 3.04. The zero-order chi connectivity index (χ0) is 8.01. The second-order valence-corrected chi connectivity index (χ2v) is 4.74. The van der Waals surface area contributed by atoms with Gasteiger partial charge in [0.05, 0.1) is 0 Å². The topological polar surface area (TPSA) is 3.24 Å². The number of likely N-dealkylation sites (tertiary alicyclic amines) is 1. The summed E-state index contributed by atoms with van der Waals surface area (Å²) in [6.45, 7) is 6.07. The summed E-state index contributed by atoms with van der Waals surface area (Å²) < 4.78 is 0. The molecule has 3 atom stereocenters. The van der Waals surface area contributed by atoms with Crippen LogP contribution in [0.2, 0.25) is 0 Å². The standard InChI is InChI=1S/C10H19N/c1-7(2)10-5-8-4-9(8)6-11(10)3/h7-10H,4-6H2,1-3H3. The molecule has 2 rings (SSSR count). The SMILES string of the molecule is CC(C)C1CC2CC2CN1C. The van der Waals surface area contributed by atoms with E-state index in [1.807, 2.05) is 0 Å². The van der Waals surface area contributed by atoms with Crippen molar-refractivity contribution in [2.24, 2.45) is 17.8 Å². The van der Waals surface area contributed by atoms with E-state index in [9.17, 15) is 0 Å². The highest BCUT2D eigenvalue weighted by Crippen LogP contribution is 2.47. The maximum Gasteiger partial charge on any atom is 0.0118 e. The molecule has 1 heterocycles. The largest absolute Gasteiger partial charge is 0.303 e. The molecule has 0 amide bonds. The van der Waals surface area contributed by atoms with Crippen LogP contribution in [0.15, 0.2) is 0 Å². The predicted octanol–water partition coefficient (Wildman–Crippen LogP) is 1.98. The highest BCUT2D eigenvalue weighted by molar-refractivity contribution is 4.97. The van der Waals surface area contributed by atoms with Crippen LogP contribution in [0.5, 0.6) is 0 Å². The smallest absolute Gasteiger partial charge is 0.0118 e. The highest BCUT2D eigenvalue weighted by atomic mass is 15.2. The van der Waals surface area contributed by atoms with Crippen molar-refractivity contribution < 1.29 is 0 Å². The van der Waals surface area contributed by atoms with Crippen LogP contribution in [0.4, 0.5) is 0 Å².